The first-order chi connectivity index (χ1) is 17.7. The quantitative estimate of drug-likeness (QED) is 0.399. The largest absolute Gasteiger partial charge is 0.356 e. The van der Waals surface area contributed by atoms with Crippen LogP contribution < -0.4 is 21.3 Å². The Morgan fingerprint density at radius 2 is 1.95 bits per heavy atom. The highest BCUT2D eigenvalue weighted by molar-refractivity contribution is 7.13. The standard InChI is InChI=1S/C24H30ClN7O4S/c1-3-26-20(33)13-4-6-15(28-21(34)22(35)31-19-7-5-14(25)11-27-19)17(10-13)29-23(36)24-30-16-8-9-32(2)12-18(16)37-24/h5,7,11,13,15,17H,3-4,6,8-10,12H2,1-2H3,(H,26,33)(H,28,34)(H,29,36)(H,27,31,35)/t13-,15-,17+/m0/s1. The van der Waals surface area contributed by atoms with E-state index < -0.39 is 23.9 Å². The van der Waals surface area contributed by atoms with E-state index in [2.05, 4.69) is 36.1 Å². The molecule has 0 radical (unpaired) electrons. The smallest absolute Gasteiger partial charge is 0.314 e. The van der Waals surface area contributed by atoms with Crippen molar-refractivity contribution >= 4 is 52.4 Å². The van der Waals surface area contributed by atoms with Gasteiger partial charge in [-0.3, -0.25) is 19.2 Å². The summed E-state index contributed by atoms with van der Waals surface area (Å²) in [4.78, 5) is 62.6. The molecule has 11 nitrogen and oxygen atoms in total. The van der Waals surface area contributed by atoms with Crippen molar-refractivity contribution in [3.8, 4) is 0 Å². The highest BCUT2D eigenvalue weighted by Gasteiger charge is 2.37. The Bertz CT molecular complexity index is 1170. The molecule has 198 valence electrons. The molecule has 4 rings (SSSR count). The van der Waals surface area contributed by atoms with Crippen LogP contribution in [-0.2, 0) is 27.3 Å². The molecule has 0 bridgehead atoms. The first-order valence-electron chi connectivity index (χ1n) is 12.2. The van der Waals surface area contributed by atoms with E-state index in [0.717, 1.165) is 30.1 Å². The molecule has 1 fully saturated rings. The van der Waals surface area contributed by atoms with Gasteiger partial charge in [-0.25, -0.2) is 9.97 Å². The topological polar surface area (TPSA) is 145 Å². The molecule has 0 saturated heterocycles. The van der Waals surface area contributed by atoms with Crippen molar-refractivity contribution in [3.05, 3.63) is 38.9 Å². The third kappa shape index (κ3) is 6.82. The van der Waals surface area contributed by atoms with Gasteiger partial charge in [0.2, 0.25) is 5.91 Å². The fourth-order valence-corrected chi connectivity index (χ4v) is 5.77. The number of nitrogens with one attached hydrogen (secondary N) is 4. The number of carbonyl (C=O) groups excluding carboxylic acids is 4. The first kappa shape index (κ1) is 27.0. The summed E-state index contributed by atoms with van der Waals surface area (Å²) in [6.45, 7) is 3.99. The molecule has 0 aromatic carbocycles. The molecular formula is C24H30ClN7O4S. The maximum atomic E-state index is 13.2. The molecule has 3 atom stereocenters. The van der Waals surface area contributed by atoms with Crippen molar-refractivity contribution in [2.24, 2.45) is 5.92 Å². The van der Waals surface area contributed by atoms with Crippen molar-refractivity contribution in [3.63, 3.8) is 0 Å². The van der Waals surface area contributed by atoms with Crippen molar-refractivity contribution in [1.82, 2.24) is 30.8 Å². The summed E-state index contributed by atoms with van der Waals surface area (Å²) in [5.74, 6) is -2.31. The molecule has 2 aromatic rings. The second kappa shape index (κ2) is 12.0. The Kier molecular flexibility index (Phi) is 8.72. The second-order valence-corrected chi connectivity index (χ2v) is 10.8. The normalized spacial score (nSPS) is 21.4. The van der Waals surface area contributed by atoms with Crippen LogP contribution >= 0.6 is 22.9 Å². The first-order valence-corrected chi connectivity index (χ1v) is 13.4. The zero-order chi connectivity index (χ0) is 26.5. The second-order valence-electron chi connectivity index (χ2n) is 9.26. The lowest BCUT2D eigenvalue weighted by Gasteiger charge is -2.36. The van der Waals surface area contributed by atoms with E-state index in [1.807, 2.05) is 14.0 Å². The van der Waals surface area contributed by atoms with Crippen molar-refractivity contribution in [1.29, 1.82) is 0 Å². The van der Waals surface area contributed by atoms with Crippen LogP contribution in [0.5, 0.6) is 0 Å². The minimum Gasteiger partial charge on any atom is -0.356 e. The summed E-state index contributed by atoms with van der Waals surface area (Å²) in [5.41, 5.74) is 0.939. The van der Waals surface area contributed by atoms with Crippen molar-refractivity contribution in [2.75, 3.05) is 25.5 Å². The summed E-state index contributed by atoms with van der Waals surface area (Å²) in [6.07, 6.45) is 3.41. The van der Waals surface area contributed by atoms with Gasteiger partial charge in [0, 0.05) is 49.1 Å². The highest BCUT2D eigenvalue weighted by Crippen LogP contribution is 2.28. The van der Waals surface area contributed by atoms with Gasteiger partial charge >= 0.3 is 11.8 Å². The van der Waals surface area contributed by atoms with E-state index in [1.165, 1.54) is 23.6 Å². The van der Waals surface area contributed by atoms with Gasteiger partial charge in [0.05, 0.1) is 16.8 Å². The van der Waals surface area contributed by atoms with Crippen LogP contribution in [0.15, 0.2) is 18.3 Å². The maximum absolute atomic E-state index is 13.2. The molecule has 0 spiro atoms. The van der Waals surface area contributed by atoms with Gasteiger partial charge in [-0.2, -0.15) is 0 Å². The predicted octanol–water partition coefficient (Wildman–Crippen LogP) is 1.34. The Morgan fingerprint density at radius 3 is 2.68 bits per heavy atom. The summed E-state index contributed by atoms with van der Waals surface area (Å²) in [6, 6.07) is 1.94. The molecule has 3 heterocycles. The number of fused-ring (bicyclic) bond motifs is 1. The molecular weight excluding hydrogens is 518 g/mol. The Hall–Kier alpha value is -3.09. The predicted molar refractivity (Wildman–Crippen MR) is 139 cm³/mol. The van der Waals surface area contributed by atoms with E-state index in [4.69, 9.17) is 11.6 Å². The van der Waals surface area contributed by atoms with Gasteiger partial charge in [-0.05, 0) is 45.4 Å². The minimum absolute atomic E-state index is 0.0918. The van der Waals surface area contributed by atoms with Crippen molar-refractivity contribution in [2.45, 2.75) is 51.2 Å². The van der Waals surface area contributed by atoms with Crippen LogP contribution in [0.4, 0.5) is 5.82 Å². The number of hydrogen-bond acceptors (Lipinski definition) is 8. The lowest BCUT2D eigenvalue weighted by atomic mass is 9.81. The molecule has 37 heavy (non-hydrogen) atoms. The number of hydrogen-bond donors (Lipinski definition) is 4. The van der Waals surface area contributed by atoms with Gasteiger partial charge in [-0.1, -0.05) is 11.6 Å². The van der Waals surface area contributed by atoms with E-state index >= 15 is 0 Å². The molecule has 1 aliphatic carbocycles. The number of nitrogens with zero attached hydrogens (tertiary/aromatic N) is 3. The molecule has 0 unspecified atom stereocenters. The Morgan fingerprint density at radius 1 is 1.14 bits per heavy atom. The zero-order valence-electron chi connectivity index (χ0n) is 20.7. The number of anilines is 1. The van der Waals surface area contributed by atoms with E-state index in [0.29, 0.717) is 35.8 Å². The van der Waals surface area contributed by atoms with Gasteiger partial charge in [0.25, 0.3) is 5.91 Å². The van der Waals surface area contributed by atoms with Gasteiger partial charge in [-0.15, -0.1) is 11.3 Å². The van der Waals surface area contributed by atoms with Crippen LogP contribution in [0.1, 0.15) is 46.6 Å². The number of halogens is 1. The third-order valence-electron chi connectivity index (χ3n) is 6.50. The fourth-order valence-electron chi connectivity index (χ4n) is 4.57. The van der Waals surface area contributed by atoms with Crippen LogP contribution in [0.3, 0.4) is 0 Å². The average Bonchev–Trinajstić information content (AvgIpc) is 3.30. The number of carbonyl (C=O) groups is 4. The van der Waals surface area contributed by atoms with Gasteiger partial charge in [0.1, 0.15) is 5.82 Å². The summed E-state index contributed by atoms with van der Waals surface area (Å²) in [7, 11) is 2.03. The molecule has 2 aliphatic rings. The van der Waals surface area contributed by atoms with Gasteiger partial charge < -0.3 is 26.2 Å². The van der Waals surface area contributed by atoms with E-state index in [-0.39, 0.29) is 23.6 Å². The number of likely N-dealkylation sites (N-methyl/N-ethyl adjacent to an activating group) is 1. The number of thiazole rings is 1. The molecule has 4 amide bonds. The highest BCUT2D eigenvalue weighted by atomic mass is 35.5. The van der Waals surface area contributed by atoms with Gasteiger partial charge in [0.15, 0.2) is 5.01 Å². The molecule has 13 heteroatoms. The van der Waals surface area contributed by atoms with Crippen LogP contribution in [0, 0.1) is 5.92 Å². The zero-order valence-corrected chi connectivity index (χ0v) is 22.2. The lowest BCUT2D eigenvalue weighted by Crippen LogP contribution is -2.57. The van der Waals surface area contributed by atoms with Crippen LogP contribution in [-0.4, -0.2) is 70.7 Å². The number of amides is 4. The maximum Gasteiger partial charge on any atom is 0.314 e. The Labute approximate surface area is 223 Å². The average molecular weight is 548 g/mol. The van der Waals surface area contributed by atoms with Crippen molar-refractivity contribution < 1.29 is 19.2 Å². The molecule has 1 aliphatic heterocycles. The molecule has 2 aromatic heterocycles. The third-order valence-corrected chi connectivity index (χ3v) is 7.80. The monoisotopic (exact) mass is 547 g/mol. The summed E-state index contributed by atoms with van der Waals surface area (Å²) < 4.78 is 0. The summed E-state index contributed by atoms with van der Waals surface area (Å²) >= 11 is 7.17. The fraction of sp³-hybridized carbons (Fsp3) is 0.500. The number of rotatable bonds is 6. The Balaban J connectivity index is 1.44. The number of aromatic nitrogens is 2. The molecule has 1 saturated carbocycles. The minimum atomic E-state index is -0.887. The van der Waals surface area contributed by atoms with E-state index in [9.17, 15) is 19.2 Å². The van der Waals surface area contributed by atoms with Crippen LogP contribution in [0.2, 0.25) is 5.02 Å². The lowest BCUT2D eigenvalue weighted by molar-refractivity contribution is -0.137. The molecule has 4 N–H and O–H groups in total. The number of pyridine rings is 1. The van der Waals surface area contributed by atoms with E-state index in [1.54, 1.807) is 6.07 Å². The van der Waals surface area contributed by atoms with Crippen LogP contribution in [0.25, 0.3) is 0 Å². The SMILES string of the molecule is CCNC(=O)[C@H]1CC[C@H](NC(=O)C(=O)Nc2ccc(Cl)cn2)[C@H](NC(=O)c2nc3c(s2)CN(C)CC3)C1. The summed E-state index contributed by atoms with van der Waals surface area (Å²) in [5, 5.41) is 11.7.